The summed E-state index contributed by atoms with van der Waals surface area (Å²) >= 11 is 0. The second kappa shape index (κ2) is 9.82. The van der Waals surface area contributed by atoms with E-state index >= 15 is 0 Å². The van der Waals surface area contributed by atoms with Crippen molar-refractivity contribution >= 4 is 0 Å². The maximum Gasteiger partial charge on any atom is 0.000792 e. The van der Waals surface area contributed by atoms with Gasteiger partial charge in [0.1, 0.15) is 0 Å². The van der Waals surface area contributed by atoms with Crippen LogP contribution >= 0.6 is 0 Å². The Bertz CT molecular complexity index is 226. The van der Waals surface area contributed by atoms with Gasteiger partial charge in [-0.3, -0.25) is 0 Å². The van der Waals surface area contributed by atoms with Crippen LogP contribution in [0.2, 0.25) is 0 Å². The highest BCUT2D eigenvalue weighted by Gasteiger charge is 2.34. The summed E-state index contributed by atoms with van der Waals surface area (Å²) in [5, 5.41) is 3.76. The number of nitrogens with one attached hydrogen (secondary N) is 1. The Balaban J connectivity index is 2.40. The van der Waals surface area contributed by atoms with Gasteiger partial charge in [0.15, 0.2) is 0 Å². The first-order valence-corrected chi connectivity index (χ1v) is 9.32. The van der Waals surface area contributed by atoms with E-state index in [2.05, 4.69) is 33.0 Å². The fourth-order valence-electron chi connectivity index (χ4n) is 3.76. The van der Waals surface area contributed by atoms with E-state index in [9.17, 15) is 0 Å². The van der Waals surface area contributed by atoms with E-state index < -0.39 is 0 Å². The van der Waals surface area contributed by atoms with Gasteiger partial charge >= 0.3 is 0 Å². The van der Waals surface area contributed by atoms with Crippen molar-refractivity contribution in [3.63, 3.8) is 0 Å². The molecule has 0 radical (unpaired) electrons. The maximum absolute atomic E-state index is 3.76. The zero-order valence-corrected chi connectivity index (χ0v) is 14.6. The largest absolute Gasteiger partial charge is 0.316 e. The van der Waals surface area contributed by atoms with Crippen molar-refractivity contribution in [1.82, 2.24) is 5.32 Å². The Morgan fingerprint density at radius 1 is 1.05 bits per heavy atom. The number of unbranched alkanes of at least 4 members (excludes halogenated alkanes) is 2. The molecule has 1 rings (SSSR count). The zero-order chi connectivity index (χ0) is 14.8. The van der Waals surface area contributed by atoms with Gasteiger partial charge in [-0.25, -0.2) is 0 Å². The van der Waals surface area contributed by atoms with Crippen LogP contribution in [0.1, 0.15) is 91.9 Å². The smallest absolute Gasteiger partial charge is 0.000792 e. The molecule has 1 N–H and O–H groups in total. The lowest BCUT2D eigenvalue weighted by Gasteiger charge is -2.41. The van der Waals surface area contributed by atoms with Crippen LogP contribution in [-0.4, -0.2) is 13.1 Å². The molecule has 0 aromatic rings. The fourth-order valence-corrected chi connectivity index (χ4v) is 3.76. The first-order chi connectivity index (χ1) is 9.62. The van der Waals surface area contributed by atoms with Gasteiger partial charge in [0, 0.05) is 6.54 Å². The summed E-state index contributed by atoms with van der Waals surface area (Å²) in [6.07, 6.45) is 14.5. The van der Waals surface area contributed by atoms with Crippen molar-refractivity contribution < 1.29 is 0 Å². The van der Waals surface area contributed by atoms with E-state index in [0.29, 0.717) is 5.41 Å². The van der Waals surface area contributed by atoms with Gasteiger partial charge in [0.25, 0.3) is 0 Å². The summed E-state index contributed by atoms with van der Waals surface area (Å²) in [6.45, 7) is 11.7. The lowest BCUT2D eigenvalue weighted by Crippen LogP contribution is -2.39. The Hall–Kier alpha value is -0.0400. The van der Waals surface area contributed by atoms with Crippen LogP contribution in [0.15, 0.2) is 0 Å². The molecule has 0 amide bonds. The molecule has 0 aliphatic heterocycles. The van der Waals surface area contributed by atoms with E-state index in [1.165, 1.54) is 77.3 Å². The summed E-state index contributed by atoms with van der Waals surface area (Å²) in [5.41, 5.74) is 0.633. The molecule has 0 aromatic heterocycles. The molecule has 0 heterocycles. The molecule has 1 fully saturated rings. The van der Waals surface area contributed by atoms with Crippen molar-refractivity contribution in [3.8, 4) is 0 Å². The third-order valence-electron chi connectivity index (χ3n) is 5.25. The van der Waals surface area contributed by atoms with E-state index in [-0.39, 0.29) is 0 Å². The lowest BCUT2D eigenvalue weighted by molar-refractivity contribution is 0.123. The van der Waals surface area contributed by atoms with Gasteiger partial charge in [-0.2, -0.15) is 0 Å². The molecular weight excluding hydrogens is 242 g/mol. The second-order valence-electron chi connectivity index (χ2n) is 7.71. The standard InChI is InChI=1S/C19H39N/c1-5-7-9-18-10-13-19(14-11-18,12-8-6-2)16-20-15-17(3)4/h17-18,20H,5-16H2,1-4H3. The number of rotatable bonds is 10. The maximum atomic E-state index is 3.76. The van der Waals surface area contributed by atoms with Gasteiger partial charge in [-0.1, -0.05) is 59.8 Å². The highest BCUT2D eigenvalue weighted by Crippen LogP contribution is 2.43. The van der Waals surface area contributed by atoms with Crippen LogP contribution in [0.4, 0.5) is 0 Å². The number of hydrogen-bond acceptors (Lipinski definition) is 1. The zero-order valence-electron chi connectivity index (χ0n) is 14.6. The topological polar surface area (TPSA) is 12.0 Å². The van der Waals surface area contributed by atoms with Gasteiger partial charge in [-0.15, -0.1) is 0 Å². The molecule has 20 heavy (non-hydrogen) atoms. The predicted octanol–water partition coefficient (Wildman–Crippen LogP) is 5.79. The fraction of sp³-hybridized carbons (Fsp3) is 1.00. The molecular formula is C19H39N. The Kier molecular flexibility index (Phi) is 8.84. The first kappa shape index (κ1) is 18.0. The minimum atomic E-state index is 0.633. The molecule has 1 heteroatoms. The number of hydrogen-bond donors (Lipinski definition) is 1. The van der Waals surface area contributed by atoms with E-state index in [1.54, 1.807) is 0 Å². The SMILES string of the molecule is CCCCC1CCC(CCCC)(CNCC(C)C)CC1. The van der Waals surface area contributed by atoms with Crippen molar-refractivity contribution in [2.75, 3.05) is 13.1 Å². The van der Waals surface area contributed by atoms with Crippen LogP contribution in [0, 0.1) is 17.3 Å². The average molecular weight is 282 g/mol. The quantitative estimate of drug-likeness (QED) is 0.534. The molecule has 1 nitrogen and oxygen atoms in total. The van der Waals surface area contributed by atoms with E-state index in [0.717, 1.165) is 11.8 Å². The normalized spacial score (nSPS) is 27.1. The summed E-state index contributed by atoms with van der Waals surface area (Å²) in [5.74, 6) is 1.81. The minimum absolute atomic E-state index is 0.633. The molecule has 0 aromatic carbocycles. The molecule has 0 unspecified atom stereocenters. The van der Waals surface area contributed by atoms with Crippen LogP contribution in [0.25, 0.3) is 0 Å². The lowest BCUT2D eigenvalue weighted by atomic mass is 9.67. The van der Waals surface area contributed by atoms with Crippen molar-refractivity contribution in [2.45, 2.75) is 91.9 Å². The van der Waals surface area contributed by atoms with Crippen LogP contribution in [0.3, 0.4) is 0 Å². The van der Waals surface area contributed by atoms with E-state index in [4.69, 9.17) is 0 Å². The van der Waals surface area contributed by atoms with Crippen LogP contribution < -0.4 is 5.32 Å². The second-order valence-corrected chi connectivity index (χ2v) is 7.71. The first-order valence-electron chi connectivity index (χ1n) is 9.32. The molecule has 0 saturated heterocycles. The molecule has 1 aliphatic rings. The van der Waals surface area contributed by atoms with Crippen molar-refractivity contribution in [1.29, 1.82) is 0 Å². The summed E-state index contributed by atoms with van der Waals surface area (Å²) < 4.78 is 0. The highest BCUT2D eigenvalue weighted by molar-refractivity contribution is 4.87. The average Bonchev–Trinajstić information content (AvgIpc) is 2.44. The summed E-state index contributed by atoms with van der Waals surface area (Å²) in [7, 11) is 0. The van der Waals surface area contributed by atoms with Gasteiger partial charge in [0.2, 0.25) is 0 Å². The monoisotopic (exact) mass is 281 g/mol. The Labute approximate surface area is 128 Å². The minimum Gasteiger partial charge on any atom is -0.316 e. The van der Waals surface area contributed by atoms with Crippen LogP contribution in [-0.2, 0) is 0 Å². The van der Waals surface area contributed by atoms with Crippen molar-refractivity contribution in [3.05, 3.63) is 0 Å². The molecule has 1 saturated carbocycles. The van der Waals surface area contributed by atoms with Crippen LogP contribution in [0.5, 0.6) is 0 Å². The Morgan fingerprint density at radius 2 is 1.70 bits per heavy atom. The predicted molar refractivity (Wildman–Crippen MR) is 91.1 cm³/mol. The highest BCUT2D eigenvalue weighted by atomic mass is 14.9. The molecule has 0 bridgehead atoms. The molecule has 120 valence electrons. The molecule has 0 spiro atoms. The molecule has 0 atom stereocenters. The third-order valence-corrected chi connectivity index (χ3v) is 5.25. The Morgan fingerprint density at radius 3 is 2.25 bits per heavy atom. The molecule has 1 aliphatic carbocycles. The van der Waals surface area contributed by atoms with Crippen molar-refractivity contribution in [2.24, 2.45) is 17.3 Å². The summed E-state index contributed by atoms with van der Waals surface area (Å²) in [4.78, 5) is 0. The van der Waals surface area contributed by atoms with Gasteiger partial charge in [-0.05, 0) is 55.9 Å². The van der Waals surface area contributed by atoms with Gasteiger partial charge < -0.3 is 5.32 Å². The summed E-state index contributed by atoms with van der Waals surface area (Å²) in [6, 6.07) is 0. The third kappa shape index (κ3) is 6.61. The van der Waals surface area contributed by atoms with E-state index in [1.807, 2.05) is 0 Å². The van der Waals surface area contributed by atoms with Gasteiger partial charge in [0.05, 0.1) is 0 Å².